The zero-order chi connectivity index (χ0) is 68.1. The summed E-state index contributed by atoms with van der Waals surface area (Å²) in [7, 11) is 0. The van der Waals surface area contributed by atoms with Crippen LogP contribution in [0.1, 0.15) is 99.9 Å². The molecule has 100 heavy (non-hydrogen) atoms. The van der Waals surface area contributed by atoms with Crippen molar-refractivity contribution in [2.24, 2.45) is 0 Å². The smallest absolute Gasteiger partial charge is 0.0561 e. The van der Waals surface area contributed by atoms with E-state index in [1.807, 2.05) is 0 Å². The maximum absolute atomic E-state index is 2.67. The van der Waals surface area contributed by atoms with Gasteiger partial charge in [0.15, 0.2) is 0 Å². The molecule has 0 atom stereocenters. The Balaban J connectivity index is 1.16. The fourth-order valence-corrected chi connectivity index (χ4v) is 17.0. The summed E-state index contributed by atoms with van der Waals surface area (Å²) in [6.07, 6.45) is 6.78. The Bertz CT molecular complexity index is 5020. The van der Waals surface area contributed by atoms with Crippen molar-refractivity contribution >= 4 is 144 Å². The Hall–Kier alpha value is -11.2. The van der Waals surface area contributed by atoms with Gasteiger partial charge in [0.25, 0.3) is 0 Å². The monoisotopic (exact) mass is 1290 g/mol. The Morgan fingerprint density at radius 1 is 0.190 bits per heavy atom. The Morgan fingerprint density at radius 3 is 0.590 bits per heavy atom. The van der Waals surface area contributed by atoms with Gasteiger partial charge in [0.2, 0.25) is 0 Å². The minimum Gasteiger partial charge on any atom is -0.309 e. The van der Waals surface area contributed by atoms with E-state index in [2.05, 4.69) is 354 Å². The zero-order valence-corrected chi connectivity index (χ0v) is 59.0. The third kappa shape index (κ3) is 10.5. The third-order valence-electron chi connectivity index (χ3n) is 21.5. The van der Waals surface area contributed by atoms with Gasteiger partial charge < -0.3 is 19.6 Å². The average molecular weight is 1300 g/mol. The number of hydrogen-bond acceptors (Lipinski definition) is 4. The predicted molar refractivity (Wildman–Crippen MR) is 434 cm³/mol. The molecule has 0 N–H and O–H groups in total. The van der Waals surface area contributed by atoms with Crippen LogP contribution in [0.4, 0.5) is 68.2 Å². The number of aryl methyl sites for hydroxylation is 8. The van der Waals surface area contributed by atoms with E-state index in [-0.39, 0.29) is 0 Å². The zero-order valence-electron chi connectivity index (χ0n) is 59.0. The number of benzene rings is 16. The van der Waals surface area contributed by atoms with Crippen molar-refractivity contribution in [1.29, 1.82) is 0 Å². The molecule has 0 fully saturated rings. The predicted octanol–water partition coefficient (Wildman–Crippen LogP) is 27.6. The van der Waals surface area contributed by atoms with E-state index in [1.54, 1.807) is 0 Å². The van der Waals surface area contributed by atoms with Crippen LogP contribution in [-0.4, -0.2) is 0 Å². The molecular formula is C96H86N4. The number of nitrogens with zero attached hydrogens (tertiary/aromatic N) is 4. The summed E-state index contributed by atoms with van der Waals surface area (Å²) < 4.78 is 0. The van der Waals surface area contributed by atoms with Crippen LogP contribution < -0.4 is 19.6 Å². The van der Waals surface area contributed by atoms with E-state index < -0.39 is 0 Å². The number of rotatable bonds is 20. The van der Waals surface area contributed by atoms with Crippen LogP contribution in [0.5, 0.6) is 0 Å². The molecule has 0 radical (unpaired) electrons. The quantitative estimate of drug-likeness (QED) is 0.0705. The van der Waals surface area contributed by atoms with E-state index in [9.17, 15) is 0 Å². The van der Waals surface area contributed by atoms with Crippen LogP contribution in [0.15, 0.2) is 279 Å². The molecule has 0 saturated heterocycles. The van der Waals surface area contributed by atoms with Crippen LogP contribution in [0.3, 0.4) is 0 Å². The van der Waals surface area contributed by atoms with Crippen molar-refractivity contribution in [1.82, 2.24) is 0 Å². The molecule has 4 nitrogen and oxygen atoms in total. The molecule has 0 amide bonds. The highest BCUT2D eigenvalue weighted by Gasteiger charge is 2.34. The molecule has 16 aromatic carbocycles. The first-order valence-electron chi connectivity index (χ1n) is 36.7. The van der Waals surface area contributed by atoms with Gasteiger partial charge in [-0.3, -0.25) is 0 Å². The summed E-state index contributed by atoms with van der Waals surface area (Å²) in [5, 5.41) is 17.4. The fourth-order valence-electron chi connectivity index (χ4n) is 17.0. The van der Waals surface area contributed by atoms with Gasteiger partial charge >= 0.3 is 0 Å². The lowest BCUT2D eigenvalue weighted by molar-refractivity contribution is 1.07. The first kappa shape index (κ1) is 63.5. The van der Waals surface area contributed by atoms with Gasteiger partial charge in [0, 0.05) is 55.1 Å². The summed E-state index contributed by atoms with van der Waals surface area (Å²) >= 11 is 0. The normalized spacial score (nSPS) is 11.7. The molecule has 0 aliphatic carbocycles. The van der Waals surface area contributed by atoms with E-state index in [4.69, 9.17) is 0 Å². The minimum atomic E-state index is 0.846. The third-order valence-corrected chi connectivity index (χ3v) is 21.5. The van der Waals surface area contributed by atoms with Crippen molar-refractivity contribution in [2.75, 3.05) is 19.6 Å². The second-order valence-corrected chi connectivity index (χ2v) is 26.7. The molecule has 0 aromatic heterocycles. The Kier molecular flexibility index (Phi) is 17.1. The van der Waals surface area contributed by atoms with E-state index in [0.29, 0.717) is 0 Å². The molecule has 16 rings (SSSR count). The Labute approximate surface area is 590 Å². The molecule has 0 aliphatic rings. The van der Waals surface area contributed by atoms with Gasteiger partial charge in [-0.2, -0.15) is 0 Å². The summed E-state index contributed by atoms with van der Waals surface area (Å²) in [5.74, 6) is 0. The molecule has 490 valence electrons. The van der Waals surface area contributed by atoms with Gasteiger partial charge in [-0.25, -0.2) is 0 Å². The summed E-state index contributed by atoms with van der Waals surface area (Å²) in [4.78, 5) is 10.7. The lowest BCUT2D eigenvalue weighted by Crippen LogP contribution is -2.19. The minimum absolute atomic E-state index is 0.846. The van der Waals surface area contributed by atoms with Crippen molar-refractivity contribution in [3.63, 3.8) is 0 Å². The maximum Gasteiger partial charge on any atom is 0.0561 e. The maximum atomic E-state index is 2.67. The number of fused-ring (bicyclic) bond motifs is 4. The van der Waals surface area contributed by atoms with E-state index >= 15 is 0 Å². The van der Waals surface area contributed by atoms with Crippen LogP contribution in [0.25, 0.3) is 75.4 Å². The van der Waals surface area contributed by atoms with Crippen molar-refractivity contribution in [3.8, 4) is 0 Å². The molecule has 0 heterocycles. The first-order chi connectivity index (χ1) is 49.3. The lowest BCUT2D eigenvalue weighted by Gasteiger charge is -2.37. The number of hydrogen-bond donors (Lipinski definition) is 0. The largest absolute Gasteiger partial charge is 0.309 e. The highest BCUT2D eigenvalue weighted by molar-refractivity contribution is 6.33. The Morgan fingerprint density at radius 2 is 0.390 bits per heavy atom. The molecule has 0 unspecified atom stereocenters. The fraction of sp³-hybridized carbons (Fsp3) is 0.167. The van der Waals surface area contributed by atoms with Gasteiger partial charge in [-0.1, -0.05) is 250 Å². The van der Waals surface area contributed by atoms with Crippen molar-refractivity contribution in [2.45, 2.75) is 107 Å². The second kappa shape index (κ2) is 26.9. The topological polar surface area (TPSA) is 13.0 Å². The van der Waals surface area contributed by atoms with E-state index in [1.165, 1.54) is 143 Å². The molecular weight excluding hydrogens is 1210 g/mol. The molecule has 4 heteroatoms. The van der Waals surface area contributed by atoms with Gasteiger partial charge in [-0.05, 0) is 224 Å². The first-order valence-corrected chi connectivity index (χ1v) is 36.7. The standard InChI is InChI=1S/C96H86N4/c1-9-63-57-67-37-29-33-49-79(67)75(13-5)93(63)97(71-41-21-17-22-42-71)87-61-88(98(72-43-23-18-24-44-72)94-64(10-2)58-68-38-30-34-50-80(68)76(94)14-6)84-55-56-86-90(100(74-47-27-20-28-48-74)96-66(12-4)60-70-40-32-36-52-82(70)78(96)16-8)62-89(85-54-53-83(87)91(84)92(85)86)99(73-45-25-19-26-46-73)95-65(11-3)59-69-39-31-35-51-81(69)77(95)15-7/h17-62H,9-16H2,1-8H3. The summed E-state index contributed by atoms with van der Waals surface area (Å²) in [5.41, 5.74) is 24.5. The lowest BCUT2D eigenvalue weighted by atomic mass is 9.87. The van der Waals surface area contributed by atoms with Crippen LogP contribution in [0.2, 0.25) is 0 Å². The van der Waals surface area contributed by atoms with Crippen molar-refractivity contribution in [3.05, 3.63) is 324 Å². The highest BCUT2D eigenvalue weighted by Crippen LogP contribution is 2.58. The highest BCUT2D eigenvalue weighted by atomic mass is 15.2. The number of para-hydroxylation sites is 4. The van der Waals surface area contributed by atoms with Crippen LogP contribution >= 0.6 is 0 Å². The summed E-state index contributed by atoms with van der Waals surface area (Å²) in [6.45, 7) is 18.8. The molecule has 0 bridgehead atoms. The van der Waals surface area contributed by atoms with Crippen LogP contribution in [-0.2, 0) is 51.4 Å². The molecule has 0 spiro atoms. The average Bonchev–Trinajstić information content (AvgIpc) is 0.694. The van der Waals surface area contributed by atoms with E-state index in [0.717, 1.165) is 96.9 Å². The SMILES string of the molecule is CCc1cc2ccccc2c(CC)c1N(c1ccccc1)c1cc(N(c2ccccc2)c2c(CC)cc3ccccc3c2CC)c2ccc3c(N(c4ccccc4)c4c(CC)cc5ccccc5c4CC)cc(N(c4ccccc4)c4c(CC)cc5ccccc5c4CC)c4ccc1c2c43. The molecule has 0 aliphatic heterocycles. The second-order valence-electron chi connectivity index (χ2n) is 26.7. The number of anilines is 12. The van der Waals surface area contributed by atoms with Crippen LogP contribution in [0, 0.1) is 0 Å². The van der Waals surface area contributed by atoms with Gasteiger partial charge in [-0.15, -0.1) is 0 Å². The summed E-state index contributed by atoms with van der Waals surface area (Å²) in [6, 6.07) is 107. The van der Waals surface area contributed by atoms with Gasteiger partial charge in [0.05, 0.1) is 45.5 Å². The van der Waals surface area contributed by atoms with Gasteiger partial charge in [0.1, 0.15) is 0 Å². The van der Waals surface area contributed by atoms with Crippen molar-refractivity contribution < 1.29 is 0 Å². The molecule has 0 saturated carbocycles. The molecule has 16 aromatic rings.